The summed E-state index contributed by atoms with van der Waals surface area (Å²) in [5, 5.41) is 11.2. The van der Waals surface area contributed by atoms with Crippen LogP contribution in [-0.4, -0.2) is 29.8 Å². The molecule has 0 saturated carbocycles. The number of benzene rings is 1. The number of carboxylic acid groups (broad SMARTS) is 1. The first-order chi connectivity index (χ1) is 8.41. The predicted octanol–water partition coefficient (Wildman–Crippen LogP) is 1.50. The summed E-state index contributed by atoms with van der Waals surface area (Å²) in [7, 11) is 3.57. The summed E-state index contributed by atoms with van der Waals surface area (Å²) >= 11 is 2.09. The molecule has 0 aliphatic carbocycles. The van der Waals surface area contributed by atoms with Crippen LogP contribution in [0.25, 0.3) is 10.9 Å². The first-order valence-corrected chi connectivity index (χ1v) is 6.25. The molecule has 94 valence electrons. The molecule has 2 aromatic rings. The lowest BCUT2D eigenvalue weighted by molar-refractivity contribution is 0.0695. The van der Waals surface area contributed by atoms with Crippen LogP contribution in [0.3, 0.4) is 0 Å². The molecule has 1 aromatic heterocycles. The molecule has 0 fully saturated rings. The molecule has 6 heteroatoms. The van der Waals surface area contributed by atoms with Crippen LogP contribution in [0.1, 0.15) is 10.4 Å². The molecule has 0 spiro atoms. The van der Waals surface area contributed by atoms with E-state index in [-0.39, 0.29) is 5.56 Å². The third-order valence-corrected chi connectivity index (χ3v) is 3.28. The zero-order valence-corrected chi connectivity index (χ0v) is 12.0. The minimum Gasteiger partial charge on any atom is -0.477 e. The van der Waals surface area contributed by atoms with E-state index < -0.39 is 11.4 Å². The first-order valence-electron chi connectivity index (χ1n) is 5.17. The second kappa shape index (κ2) is 4.60. The van der Waals surface area contributed by atoms with Gasteiger partial charge in [-0.15, -0.1) is 0 Å². The Hall–Kier alpha value is -1.57. The molecular formula is C12H11IN2O3. The highest BCUT2D eigenvalue weighted by Gasteiger charge is 2.15. The van der Waals surface area contributed by atoms with Crippen molar-refractivity contribution in [3.8, 4) is 0 Å². The lowest BCUT2D eigenvalue weighted by Gasteiger charge is -2.20. The molecule has 0 aliphatic heterocycles. The second-order valence-electron chi connectivity index (χ2n) is 4.03. The fraction of sp³-hybridized carbons (Fsp3) is 0.167. The van der Waals surface area contributed by atoms with Crippen molar-refractivity contribution >= 4 is 39.5 Å². The number of carbonyl (C=O) groups is 1. The third kappa shape index (κ3) is 2.07. The van der Waals surface area contributed by atoms with Crippen molar-refractivity contribution in [2.75, 3.05) is 19.1 Å². The molecule has 0 bridgehead atoms. The zero-order chi connectivity index (χ0) is 13.4. The summed E-state index contributed by atoms with van der Waals surface area (Å²) in [5.41, 5.74) is 0.0164. The highest BCUT2D eigenvalue weighted by molar-refractivity contribution is 14.1. The normalized spacial score (nSPS) is 10.6. The Kier molecular flexibility index (Phi) is 3.29. The number of halogens is 1. The van der Waals surface area contributed by atoms with Gasteiger partial charge >= 0.3 is 5.97 Å². The Bertz CT molecular complexity index is 692. The fourth-order valence-electron chi connectivity index (χ4n) is 1.77. The van der Waals surface area contributed by atoms with Gasteiger partial charge in [0.2, 0.25) is 5.43 Å². The van der Waals surface area contributed by atoms with Crippen molar-refractivity contribution in [1.82, 2.24) is 4.68 Å². The SMILES string of the molecule is CN(C)n1cc(C(=O)O)c(=O)c2cc(I)ccc21. The molecule has 5 nitrogen and oxygen atoms in total. The van der Waals surface area contributed by atoms with Crippen LogP contribution < -0.4 is 10.4 Å². The van der Waals surface area contributed by atoms with E-state index in [0.717, 1.165) is 3.57 Å². The summed E-state index contributed by atoms with van der Waals surface area (Å²) in [6.07, 6.45) is 1.35. The van der Waals surface area contributed by atoms with Crippen molar-refractivity contribution in [1.29, 1.82) is 0 Å². The zero-order valence-electron chi connectivity index (χ0n) is 9.85. The van der Waals surface area contributed by atoms with Crippen LogP contribution in [0, 0.1) is 3.57 Å². The van der Waals surface area contributed by atoms with Gasteiger partial charge in [-0.2, -0.15) is 0 Å². The molecule has 0 radical (unpaired) electrons. The van der Waals surface area contributed by atoms with Gasteiger partial charge in [0, 0.05) is 29.2 Å². The van der Waals surface area contributed by atoms with Gasteiger partial charge in [0.25, 0.3) is 0 Å². The fourth-order valence-corrected chi connectivity index (χ4v) is 2.26. The smallest absolute Gasteiger partial charge is 0.341 e. The van der Waals surface area contributed by atoms with Crippen molar-refractivity contribution in [3.63, 3.8) is 0 Å². The molecule has 18 heavy (non-hydrogen) atoms. The number of aromatic nitrogens is 1. The lowest BCUT2D eigenvalue weighted by Crippen LogP contribution is -2.29. The lowest BCUT2D eigenvalue weighted by atomic mass is 10.1. The number of hydrogen-bond donors (Lipinski definition) is 1. The Labute approximate surface area is 117 Å². The highest BCUT2D eigenvalue weighted by atomic mass is 127. The predicted molar refractivity (Wildman–Crippen MR) is 77.9 cm³/mol. The summed E-state index contributed by atoms with van der Waals surface area (Å²) in [4.78, 5) is 23.2. The summed E-state index contributed by atoms with van der Waals surface area (Å²) in [6.45, 7) is 0. The van der Waals surface area contributed by atoms with Gasteiger partial charge in [0.05, 0.1) is 5.52 Å². The molecule has 0 amide bonds. The number of fused-ring (bicyclic) bond motifs is 1. The van der Waals surface area contributed by atoms with Gasteiger partial charge in [-0.1, -0.05) is 0 Å². The van der Waals surface area contributed by atoms with Crippen LogP contribution in [0.4, 0.5) is 0 Å². The van der Waals surface area contributed by atoms with Crippen LogP contribution in [0.5, 0.6) is 0 Å². The maximum atomic E-state index is 12.1. The molecule has 1 heterocycles. The number of carboxylic acids is 1. The number of hydrogen-bond acceptors (Lipinski definition) is 3. The van der Waals surface area contributed by atoms with Gasteiger partial charge in [-0.3, -0.25) is 9.47 Å². The van der Waals surface area contributed by atoms with E-state index in [0.29, 0.717) is 10.9 Å². The Morgan fingerprint density at radius 3 is 2.61 bits per heavy atom. The van der Waals surface area contributed by atoms with Crippen LogP contribution in [0.2, 0.25) is 0 Å². The summed E-state index contributed by atoms with van der Waals surface area (Å²) in [5.74, 6) is -1.21. The Morgan fingerprint density at radius 1 is 1.39 bits per heavy atom. The van der Waals surface area contributed by atoms with Crippen molar-refractivity contribution in [2.45, 2.75) is 0 Å². The molecule has 0 saturated heterocycles. The Balaban J connectivity index is 2.97. The van der Waals surface area contributed by atoms with E-state index in [4.69, 9.17) is 5.11 Å². The quantitative estimate of drug-likeness (QED) is 0.827. The van der Waals surface area contributed by atoms with Crippen molar-refractivity contribution in [3.05, 3.63) is 43.8 Å². The topological polar surface area (TPSA) is 62.5 Å². The van der Waals surface area contributed by atoms with Crippen molar-refractivity contribution < 1.29 is 9.90 Å². The molecular weight excluding hydrogens is 347 g/mol. The maximum absolute atomic E-state index is 12.1. The Morgan fingerprint density at radius 2 is 2.06 bits per heavy atom. The molecule has 0 unspecified atom stereocenters. The largest absolute Gasteiger partial charge is 0.477 e. The maximum Gasteiger partial charge on any atom is 0.341 e. The van der Waals surface area contributed by atoms with Crippen LogP contribution in [-0.2, 0) is 0 Å². The monoisotopic (exact) mass is 358 g/mol. The van der Waals surface area contributed by atoms with E-state index in [1.165, 1.54) is 6.20 Å². The van der Waals surface area contributed by atoms with Gasteiger partial charge in [-0.05, 0) is 40.8 Å². The molecule has 2 rings (SSSR count). The van der Waals surface area contributed by atoms with E-state index >= 15 is 0 Å². The standard InChI is InChI=1S/C12H11IN2O3/c1-14(2)15-6-9(12(17)18)11(16)8-5-7(13)3-4-10(8)15/h3-6H,1-2H3,(H,17,18). The van der Waals surface area contributed by atoms with Crippen LogP contribution >= 0.6 is 22.6 Å². The average Bonchev–Trinajstić information content (AvgIpc) is 2.29. The number of aromatic carboxylic acids is 1. The second-order valence-corrected chi connectivity index (χ2v) is 5.28. The van der Waals surface area contributed by atoms with Crippen LogP contribution in [0.15, 0.2) is 29.2 Å². The van der Waals surface area contributed by atoms with E-state index in [1.807, 2.05) is 12.1 Å². The average molecular weight is 358 g/mol. The van der Waals surface area contributed by atoms with Gasteiger partial charge < -0.3 is 10.1 Å². The molecule has 0 aliphatic rings. The number of pyridine rings is 1. The van der Waals surface area contributed by atoms with E-state index in [2.05, 4.69) is 22.6 Å². The van der Waals surface area contributed by atoms with Gasteiger partial charge in [-0.25, -0.2) is 4.79 Å². The molecule has 1 N–H and O–H groups in total. The third-order valence-electron chi connectivity index (χ3n) is 2.61. The van der Waals surface area contributed by atoms with E-state index in [1.54, 1.807) is 29.8 Å². The molecule has 1 aromatic carbocycles. The summed E-state index contributed by atoms with van der Waals surface area (Å²) in [6, 6.07) is 5.39. The minimum atomic E-state index is -1.21. The van der Waals surface area contributed by atoms with Gasteiger partial charge in [0.15, 0.2) is 0 Å². The number of rotatable bonds is 2. The first kappa shape index (κ1) is 12.9. The number of nitrogens with zero attached hydrogens (tertiary/aromatic N) is 2. The highest BCUT2D eigenvalue weighted by Crippen LogP contribution is 2.15. The van der Waals surface area contributed by atoms with Crippen molar-refractivity contribution in [2.24, 2.45) is 0 Å². The summed E-state index contributed by atoms with van der Waals surface area (Å²) < 4.78 is 2.54. The van der Waals surface area contributed by atoms with Gasteiger partial charge in [0.1, 0.15) is 5.56 Å². The minimum absolute atomic E-state index is 0.224. The van der Waals surface area contributed by atoms with E-state index in [9.17, 15) is 9.59 Å². The molecule has 0 atom stereocenters.